The fraction of sp³-hybridized carbons (Fsp3) is 0.833. The van der Waals surface area contributed by atoms with E-state index in [1.807, 2.05) is 6.92 Å². The third-order valence-corrected chi connectivity index (χ3v) is 2.37. The molecule has 1 unspecified atom stereocenters. The van der Waals surface area contributed by atoms with Gasteiger partial charge in [0.15, 0.2) is 0 Å². The number of hydrogen-bond acceptors (Lipinski definition) is 5. The SMILES string of the molecule is CC(=O)CCOCC(C)(CO)COCCC(N)=O. The number of hydrogen-bond donors (Lipinski definition) is 2. The van der Waals surface area contributed by atoms with Gasteiger partial charge < -0.3 is 20.3 Å². The number of carbonyl (C=O) groups excluding carboxylic acids is 2. The topological polar surface area (TPSA) is 98.8 Å². The van der Waals surface area contributed by atoms with Crippen molar-refractivity contribution >= 4 is 11.7 Å². The summed E-state index contributed by atoms with van der Waals surface area (Å²) in [4.78, 5) is 21.2. The molecule has 0 aliphatic heterocycles. The smallest absolute Gasteiger partial charge is 0.219 e. The zero-order valence-corrected chi connectivity index (χ0v) is 11.1. The van der Waals surface area contributed by atoms with Gasteiger partial charge in [0.25, 0.3) is 0 Å². The molecule has 0 radical (unpaired) electrons. The largest absolute Gasteiger partial charge is 0.396 e. The van der Waals surface area contributed by atoms with Gasteiger partial charge >= 0.3 is 0 Å². The van der Waals surface area contributed by atoms with E-state index in [4.69, 9.17) is 15.2 Å². The lowest BCUT2D eigenvalue weighted by Crippen LogP contribution is -2.33. The molecule has 0 rings (SSSR count). The average molecular weight is 261 g/mol. The summed E-state index contributed by atoms with van der Waals surface area (Å²) in [6, 6.07) is 0. The molecule has 0 saturated heterocycles. The van der Waals surface area contributed by atoms with Gasteiger partial charge in [0, 0.05) is 18.3 Å². The molecule has 18 heavy (non-hydrogen) atoms. The van der Waals surface area contributed by atoms with E-state index in [9.17, 15) is 14.7 Å². The molecule has 1 amide bonds. The number of aliphatic hydroxyl groups excluding tert-OH is 1. The number of ketones is 1. The summed E-state index contributed by atoms with van der Waals surface area (Å²) in [6.07, 6.45) is 0.525. The highest BCUT2D eigenvalue weighted by Crippen LogP contribution is 2.16. The molecule has 0 saturated carbocycles. The van der Waals surface area contributed by atoms with E-state index in [0.29, 0.717) is 19.6 Å². The third-order valence-electron chi connectivity index (χ3n) is 2.37. The van der Waals surface area contributed by atoms with E-state index in [-0.39, 0.29) is 32.0 Å². The van der Waals surface area contributed by atoms with Gasteiger partial charge in [-0.25, -0.2) is 0 Å². The molecule has 0 aliphatic carbocycles. The predicted octanol–water partition coefficient (Wildman–Crippen LogP) is -0.127. The summed E-state index contributed by atoms with van der Waals surface area (Å²) in [5.74, 6) is -0.350. The van der Waals surface area contributed by atoms with Gasteiger partial charge in [-0.1, -0.05) is 6.92 Å². The molecule has 0 aromatic carbocycles. The van der Waals surface area contributed by atoms with Crippen LogP contribution in [0.4, 0.5) is 0 Å². The Morgan fingerprint density at radius 3 is 2.06 bits per heavy atom. The lowest BCUT2D eigenvalue weighted by atomic mass is 9.94. The Morgan fingerprint density at radius 2 is 1.67 bits per heavy atom. The van der Waals surface area contributed by atoms with Crippen LogP contribution in [0.1, 0.15) is 26.7 Å². The quantitative estimate of drug-likeness (QED) is 0.505. The highest BCUT2D eigenvalue weighted by atomic mass is 16.5. The van der Waals surface area contributed by atoms with Gasteiger partial charge in [0.2, 0.25) is 5.91 Å². The maximum Gasteiger partial charge on any atom is 0.219 e. The maximum absolute atomic E-state index is 10.7. The molecule has 3 N–H and O–H groups in total. The number of Topliss-reactive ketones (excluding diaryl/α,β-unsaturated/α-hetero) is 1. The molecule has 0 aliphatic rings. The zero-order chi connectivity index (χ0) is 14.0. The molecule has 0 bridgehead atoms. The lowest BCUT2D eigenvalue weighted by molar-refractivity contribution is -0.119. The second-order valence-corrected chi connectivity index (χ2v) is 4.74. The van der Waals surface area contributed by atoms with Gasteiger partial charge in [-0.3, -0.25) is 9.59 Å². The van der Waals surface area contributed by atoms with Crippen molar-refractivity contribution in [2.24, 2.45) is 11.1 Å². The van der Waals surface area contributed by atoms with E-state index in [0.717, 1.165) is 0 Å². The fourth-order valence-electron chi connectivity index (χ4n) is 1.16. The minimum absolute atomic E-state index is 0.0680. The van der Waals surface area contributed by atoms with Crippen molar-refractivity contribution in [3.8, 4) is 0 Å². The maximum atomic E-state index is 10.7. The second kappa shape index (κ2) is 9.02. The van der Waals surface area contributed by atoms with Gasteiger partial charge in [0.05, 0.1) is 33.0 Å². The summed E-state index contributed by atoms with van der Waals surface area (Å²) >= 11 is 0. The Kier molecular flexibility index (Phi) is 8.53. The van der Waals surface area contributed by atoms with Crippen LogP contribution in [0.2, 0.25) is 0 Å². The number of ether oxygens (including phenoxy) is 2. The van der Waals surface area contributed by atoms with Crippen LogP contribution >= 0.6 is 0 Å². The first kappa shape index (κ1) is 17.0. The number of nitrogens with two attached hydrogens (primary N) is 1. The molecule has 1 atom stereocenters. The molecule has 6 nitrogen and oxygen atoms in total. The van der Waals surface area contributed by atoms with Crippen LogP contribution in [0.3, 0.4) is 0 Å². The normalized spacial score (nSPS) is 14.2. The molecule has 6 heteroatoms. The zero-order valence-electron chi connectivity index (χ0n) is 11.1. The van der Waals surface area contributed by atoms with Crippen LogP contribution in [0.25, 0.3) is 0 Å². The van der Waals surface area contributed by atoms with Crippen molar-refractivity contribution in [1.82, 2.24) is 0 Å². The number of primary amides is 1. The van der Waals surface area contributed by atoms with Gasteiger partial charge in [-0.2, -0.15) is 0 Å². The monoisotopic (exact) mass is 261 g/mol. The van der Waals surface area contributed by atoms with Crippen molar-refractivity contribution in [2.75, 3.05) is 33.0 Å². The highest BCUT2D eigenvalue weighted by Gasteiger charge is 2.24. The standard InChI is InChI=1S/C12H23NO5/c1-10(15)3-5-17-8-12(2,7-14)9-18-6-4-11(13)16/h14H,3-9H2,1-2H3,(H2,13,16). The van der Waals surface area contributed by atoms with E-state index >= 15 is 0 Å². The molecular formula is C12H23NO5. The summed E-state index contributed by atoms with van der Waals surface area (Å²) in [5, 5.41) is 9.28. The minimum atomic E-state index is -0.533. The molecule has 0 aromatic rings. The molecular weight excluding hydrogens is 238 g/mol. The van der Waals surface area contributed by atoms with Crippen molar-refractivity contribution in [3.05, 3.63) is 0 Å². The Bertz CT molecular complexity index is 245. The van der Waals surface area contributed by atoms with Crippen LogP contribution in [0.15, 0.2) is 0 Å². The van der Waals surface area contributed by atoms with E-state index in [1.165, 1.54) is 6.92 Å². The first-order valence-corrected chi connectivity index (χ1v) is 5.94. The predicted molar refractivity (Wildman–Crippen MR) is 65.9 cm³/mol. The van der Waals surface area contributed by atoms with Crippen LogP contribution in [-0.4, -0.2) is 49.8 Å². The molecule has 0 heterocycles. The molecule has 0 spiro atoms. The Hall–Kier alpha value is -0.980. The Morgan fingerprint density at radius 1 is 1.17 bits per heavy atom. The van der Waals surface area contributed by atoms with E-state index < -0.39 is 11.3 Å². The molecule has 0 aromatic heterocycles. The number of aliphatic hydroxyl groups is 1. The number of amides is 1. The van der Waals surface area contributed by atoms with Crippen LogP contribution in [0, 0.1) is 5.41 Å². The Labute approximate surface area is 107 Å². The van der Waals surface area contributed by atoms with Crippen LogP contribution in [0.5, 0.6) is 0 Å². The van der Waals surface area contributed by atoms with Crippen molar-refractivity contribution in [1.29, 1.82) is 0 Å². The summed E-state index contributed by atoms with van der Waals surface area (Å²) < 4.78 is 10.6. The highest BCUT2D eigenvalue weighted by molar-refractivity contribution is 5.75. The summed E-state index contributed by atoms with van der Waals surface area (Å²) in [5.41, 5.74) is 4.44. The first-order valence-electron chi connectivity index (χ1n) is 5.94. The summed E-state index contributed by atoms with van der Waals surface area (Å²) in [7, 11) is 0. The Balaban J connectivity index is 3.80. The fourth-order valence-corrected chi connectivity index (χ4v) is 1.16. The van der Waals surface area contributed by atoms with Crippen LogP contribution in [-0.2, 0) is 19.1 Å². The van der Waals surface area contributed by atoms with Crippen molar-refractivity contribution in [2.45, 2.75) is 26.7 Å². The first-order chi connectivity index (χ1) is 8.39. The van der Waals surface area contributed by atoms with Gasteiger partial charge in [-0.15, -0.1) is 0 Å². The minimum Gasteiger partial charge on any atom is -0.396 e. The van der Waals surface area contributed by atoms with Crippen molar-refractivity contribution < 1.29 is 24.2 Å². The van der Waals surface area contributed by atoms with Crippen molar-refractivity contribution in [3.63, 3.8) is 0 Å². The molecule has 0 fully saturated rings. The lowest BCUT2D eigenvalue weighted by Gasteiger charge is -2.26. The number of rotatable bonds is 11. The average Bonchev–Trinajstić information content (AvgIpc) is 2.30. The third kappa shape index (κ3) is 9.09. The van der Waals surface area contributed by atoms with E-state index in [2.05, 4.69) is 0 Å². The second-order valence-electron chi connectivity index (χ2n) is 4.74. The van der Waals surface area contributed by atoms with Crippen LogP contribution < -0.4 is 5.73 Å². The van der Waals surface area contributed by atoms with Gasteiger partial charge in [-0.05, 0) is 6.92 Å². The van der Waals surface area contributed by atoms with Gasteiger partial charge in [0.1, 0.15) is 5.78 Å². The summed E-state index contributed by atoms with van der Waals surface area (Å²) in [6.45, 7) is 4.37. The molecule has 106 valence electrons. The van der Waals surface area contributed by atoms with E-state index in [1.54, 1.807) is 0 Å². The number of carbonyl (C=O) groups is 2.